The molecule has 0 saturated carbocycles. The van der Waals surface area contributed by atoms with Gasteiger partial charge in [0.1, 0.15) is 11.4 Å². The smallest absolute Gasteiger partial charge is 0.162 e. The normalized spacial score (nSPS) is 12.0. The van der Waals surface area contributed by atoms with E-state index in [1.54, 1.807) is 7.11 Å². The molecule has 0 aromatic carbocycles. The van der Waals surface area contributed by atoms with Gasteiger partial charge < -0.3 is 10.1 Å². The molecule has 0 radical (unpaired) electrons. The van der Waals surface area contributed by atoms with Crippen LogP contribution < -0.4 is 5.32 Å². The third-order valence-electron chi connectivity index (χ3n) is 3.60. The van der Waals surface area contributed by atoms with Crippen LogP contribution in [0.4, 0.5) is 5.82 Å². The highest BCUT2D eigenvalue weighted by atomic mass is 127. The minimum Gasteiger partial charge on any atom is -0.372 e. The van der Waals surface area contributed by atoms with Gasteiger partial charge in [0.05, 0.1) is 9.26 Å². The summed E-state index contributed by atoms with van der Waals surface area (Å²) in [6.07, 6.45) is 1.72. The van der Waals surface area contributed by atoms with Crippen LogP contribution in [0.1, 0.15) is 58.0 Å². The highest BCUT2D eigenvalue weighted by Gasteiger charge is 2.33. The monoisotopic (exact) mass is 377 g/mol. The van der Waals surface area contributed by atoms with Crippen LogP contribution in [0.25, 0.3) is 0 Å². The maximum atomic E-state index is 5.74. The Bertz CT molecular complexity index is 423. The van der Waals surface area contributed by atoms with Gasteiger partial charge >= 0.3 is 0 Å². The topological polar surface area (TPSA) is 47.0 Å². The lowest BCUT2D eigenvalue weighted by Gasteiger charge is -2.29. The molecule has 1 N–H and O–H groups in total. The Morgan fingerprint density at radius 2 is 1.84 bits per heavy atom. The van der Waals surface area contributed by atoms with Gasteiger partial charge in [-0.25, -0.2) is 9.97 Å². The van der Waals surface area contributed by atoms with E-state index in [9.17, 15) is 0 Å². The van der Waals surface area contributed by atoms with Crippen LogP contribution in [0.15, 0.2) is 0 Å². The first kappa shape index (κ1) is 16.6. The SMILES string of the molecule is CCC(CC)(OC)c1nc(NC)c(I)c(C(C)C)n1. The van der Waals surface area contributed by atoms with Crippen LogP contribution in [0.2, 0.25) is 0 Å². The molecule has 19 heavy (non-hydrogen) atoms. The lowest BCUT2D eigenvalue weighted by Crippen LogP contribution is -2.30. The fourth-order valence-electron chi connectivity index (χ4n) is 2.16. The number of nitrogens with one attached hydrogen (secondary N) is 1. The van der Waals surface area contributed by atoms with Crippen LogP contribution >= 0.6 is 22.6 Å². The van der Waals surface area contributed by atoms with E-state index in [-0.39, 0.29) is 5.60 Å². The molecule has 0 amide bonds. The van der Waals surface area contributed by atoms with E-state index < -0.39 is 0 Å². The lowest BCUT2D eigenvalue weighted by atomic mass is 9.95. The van der Waals surface area contributed by atoms with E-state index in [1.807, 2.05) is 7.05 Å². The van der Waals surface area contributed by atoms with Gasteiger partial charge in [-0.1, -0.05) is 27.7 Å². The second-order valence-electron chi connectivity index (χ2n) is 4.91. The number of aromatic nitrogens is 2. The van der Waals surface area contributed by atoms with Crippen LogP contribution in [0.3, 0.4) is 0 Å². The molecule has 1 heterocycles. The lowest BCUT2D eigenvalue weighted by molar-refractivity contribution is -0.0292. The highest BCUT2D eigenvalue weighted by molar-refractivity contribution is 14.1. The Kier molecular flexibility index (Phi) is 5.98. The van der Waals surface area contributed by atoms with Crippen molar-refractivity contribution in [1.82, 2.24) is 9.97 Å². The van der Waals surface area contributed by atoms with Crippen molar-refractivity contribution in [1.29, 1.82) is 0 Å². The number of halogens is 1. The molecule has 5 heteroatoms. The molecule has 0 saturated heterocycles. The molecule has 4 nitrogen and oxygen atoms in total. The standard InChI is InChI=1S/C14H24IN3O/c1-7-14(8-2,19-6)13-17-11(9(3)4)10(15)12(16-5)18-13/h9H,7-8H2,1-6H3,(H,16,17,18). The number of hydrogen-bond donors (Lipinski definition) is 1. The molecule has 0 bridgehead atoms. The van der Waals surface area contributed by atoms with E-state index in [2.05, 4.69) is 60.6 Å². The third-order valence-corrected chi connectivity index (χ3v) is 4.66. The quantitative estimate of drug-likeness (QED) is 0.764. The van der Waals surface area contributed by atoms with Crippen molar-refractivity contribution in [2.24, 2.45) is 0 Å². The van der Waals surface area contributed by atoms with Crippen molar-refractivity contribution in [3.8, 4) is 0 Å². The van der Waals surface area contributed by atoms with Crippen LogP contribution in [0.5, 0.6) is 0 Å². The molecule has 0 aliphatic heterocycles. The number of nitrogens with zero attached hydrogens (tertiary/aromatic N) is 2. The maximum Gasteiger partial charge on any atom is 0.162 e. The Balaban J connectivity index is 3.47. The van der Waals surface area contributed by atoms with Crippen molar-refractivity contribution < 1.29 is 4.74 Å². The Labute approximate surface area is 129 Å². The van der Waals surface area contributed by atoms with E-state index in [1.165, 1.54) is 0 Å². The van der Waals surface area contributed by atoms with Gasteiger partial charge in [0.2, 0.25) is 0 Å². The number of anilines is 1. The number of methoxy groups -OCH3 is 1. The summed E-state index contributed by atoms with van der Waals surface area (Å²) in [6.45, 7) is 8.53. The molecule has 0 atom stereocenters. The van der Waals surface area contributed by atoms with E-state index in [0.717, 1.165) is 33.7 Å². The minimum absolute atomic E-state index is 0.365. The fraction of sp³-hybridized carbons (Fsp3) is 0.714. The number of rotatable bonds is 6. The Morgan fingerprint density at radius 3 is 2.21 bits per heavy atom. The van der Waals surface area contributed by atoms with E-state index in [4.69, 9.17) is 9.72 Å². The Morgan fingerprint density at radius 1 is 1.26 bits per heavy atom. The van der Waals surface area contributed by atoms with Crippen molar-refractivity contribution in [2.75, 3.05) is 19.5 Å². The molecule has 1 aromatic heterocycles. The van der Waals surface area contributed by atoms with Gasteiger partial charge in [0, 0.05) is 14.2 Å². The largest absolute Gasteiger partial charge is 0.372 e. The van der Waals surface area contributed by atoms with Crippen LogP contribution in [-0.4, -0.2) is 24.1 Å². The predicted octanol–water partition coefficient (Wildman–Crippen LogP) is 3.91. The first-order chi connectivity index (χ1) is 8.95. The zero-order valence-corrected chi connectivity index (χ0v) is 14.8. The molecule has 0 aliphatic rings. The summed E-state index contributed by atoms with van der Waals surface area (Å²) in [6, 6.07) is 0. The predicted molar refractivity (Wildman–Crippen MR) is 87.7 cm³/mol. The average molecular weight is 377 g/mol. The van der Waals surface area contributed by atoms with Gasteiger partial charge in [0.25, 0.3) is 0 Å². The molecule has 1 aromatic rings. The zero-order valence-electron chi connectivity index (χ0n) is 12.7. The summed E-state index contributed by atoms with van der Waals surface area (Å²) < 4.78 is 6.83. The molecule has 0 fully saturated rings. The second kappa shape index (κ2) is 6.83. The molecule has 0 unspecified atom stereocenters. The first-order valence-electron chi connectivity index (χ1n) is 6.76. The van der Waals surface area contributed by atoms with Crippen LogP contribution in [0, 0.1) is 3.57 Å². The maximum absolute atomic E-state index is 5.74. The zero-order chi connectivity index (χ0) is 14.6. The number of hydrogen-bond acceptors (Lipinski definition) is 4. The summed E-state index contributed by atoms with van der Waals surface area (Å²) in [7, 11) is 3.63. The van der Waals surface area contributed by atoms with Gasteiger partial charge in [-0.2, -0.15) is 0 Å². The fourth-order valence-corrected chi connectivity index (χ4v) is 3.30. The summed E-state index contributed by atoms with van der Waals surface area (Å²) in [5.74, 6) is 2.04. The van der Waals surface area contributed by atoms with E-state index in [0.29, 0.717) is 5.92 Å². The second-order valence-corrected chi connectivity index (χ2v) is 5.98. The summed E-state index contributed by atoms with van der Waals surface area (Å²) in [4.78, 5) is 9.45. The van der Waals surface area contributed by atoms with Crippen molar-refractivity contribution in [2.45, 2.75) is 52.1 Å². The molecular formula is C14H24IN3O. The van der Waals surface area contributed by atoms with E-state index >= 15 is 0 Å². The Hall–Kier alpha value is -0.430. The average Bonchev–Trinajstić information content (AvgIpc) is 2.42. The highest BCUT2D eigenvalue weighted by Crippen LogP contribution is 2.33. The molecular weight excluding hydrogens is 353 g/mol. The van der Waals surface area contributed by atoms with Gasteiger partial charge in [-0.3, -0.25) is 0 Å². The van der Waals surface area contributed by atoms with Crippen molar-refractivity contribution in [3.05, 3.63) is 15.1 Å². The molecule has 0 aliphatic carbocycles. The summed E-state index contributed by atoms with van der Waals surface area (Å²) in [5, 5.41) is 3.16. The summed E-state index contributed by atoms with van der Waals surface area (Å²) >= 11 is 2.31. The molecule has 108 valence electrons. The molecule has 0 spiro atoms. The third kappa shape index (κ3) is 3.18. The summed E-state index contributed by atoms with van der Waals surface area (Å²) in [5.41, 5.74) is 0.692. The van der Waals surface area contributed by atoms with Crippen molar-refractivity contribution >= 4 is 28.4 Å². The van der Waals surface area contributed by atoms with Gasteiger partial charge in [0.15, 0.2) is 5.82 Å². The molecule has 1 rings (SSSR count). The minimum atomic E-state index is -0.389. The van der Waals surface area contributed by atoms with Crippen LogP contribution in [-0.2, 0) is 10.3 Å². The van der Waals surface area contributed by atoms with Gasteiger partial charge in [-0.05, 0) is 41.4 Å². The number of ether oxygens (including phenoxy) is 1. The van der Waals surface area contributed by atoms with Crippen molar-refractivity contribution in [3.63, 3.8) is 0 Å². The first-order valence-corrected chi connectivity index (χ1v) is 7.84. The van der Waals surface area contributed by atoms with Gasteiger partial charge in [-0.15, -0.1) is 0 Å².